The van der Waals surface area contributed by atoms with E-state index in [1.165, 1.54) is 6.07 Å². The van der Waals surface area contributed by atoms with E-state index < -0.39 is 0 Å². The van der Waals surface area contributed by atoms with Crippen molar-refractivity contribution >= 4 is 17.2 Å². The van der Waals surface area contributed by atoms with Gasteiger partial charge in [-0.15, -0.1) is 0 Å². The second-order valence-corrected chi connectivity index (χ2v) is 4.97. The molecule has 1 aliphatic rings. The van der Waals surface area contributed by atoms with Crippen LogP contribution in [0.15, 0.2) is 42.5 Å². The third-order valence-corrected chi connectivity index (χ3v) is 3.76. The van der Waals surface area contributed by atoms with Crippen LogP contribution in [0.2, 0.25) is 0 Å². The SMILES string of the molecule is CCC(=O)c1ccccc1N1CCc2ccc(F)cc21. The zero-order valence-corrected chi connectivity index (χ0v) is 11.4. The van der Waals surface area contributed by atoms with Gasteiger partial charge in [-0.2, -0.15) is 0 Å². The number of nitrogens with zero attached hydrogens (tertiary/aromatic N) is 1. The number of benzene rings is 2. The van der Waals surface area contributed by atoms with Gasteiger partial charge in [0, 0.05) is 24.2 Å². The maximum atomic E-state index is 13.5. The van der Waals surface area contributed by atoms with Crippen molar-refractivity contribution in [1.82, 2.24) is 0 Å². The fraction of sp³-hybridized carbons (Fsp3) is 0.235. The van der Waals surface area contributed by atoms with Crippen LogP contribution < -0.4 is 4.90 Å². The molecule has 0 spiro atoms. The van der Waals surface area contributed by atoms with Crippen LogP contribution in [0.1, 0.15) is 29.3 Å². The Labute approximate surface area is 117 Å². The summed E-state index contributed by atoms with van der Waals surface area (Å²) in [5.41, 5.74) is 3.60. The highest BCUT2D eigenvalue weighted by atomic mass is 19.1. The summed E-state index contributed by atoms with van der Waals surface area (Å²) in [5.74, 6) is -0.125. The molecular formula is C17H16FNO. The molecule has 0 amide bonds. The van der Waals surface area contributed by atoms with E-state index in [1.54, 1.807) is 6.07 Å². The second kappa shape index (κ2) is 5.08. The second-order valence-electron chi connectivity index (χ2n) is 4.97. The Kier molecular flexibility index (Phi) is 3.26. The summed E-state index contributed by atoms with van der Waals surface area (Å²) >= 11 is 0. The van der Waals surface area contributed by atoms with E-state index in [0.717, 1.165) is 29.9 Å². The van der Waals surface area contributed by atoms with Gasteiger partial charge >= 0.3 is 0 Å². The lowest BCUT2D eigenvalue weighted by atomic mass is 10.1. The highest BCUT2D eigenvalue weighted by Crippen LogP contribution is 2.36. The minimum atomic E-state index is -0.241. The van der Waals surface area contributed by atoms with Crippen molar-refractivity contribution in [3.05, 3.63) is 59.4 Å². The first-order valence-corrected chi connectivity index (χ1v) is 6.89. The molecule has 3 heteroatoms. The Morgan fingerprint density at radius 1 is 1.20 bits per heavy atom. The molecule has 2 aromatic carbocycles. The molecule has 20 heavy (non-hydrogen) atoms. The molecule has 0 N–H and O–H groups in total. The standard InChI is InChI=1S/C17H16FNO/c1-2-17(20)14-5-3-4-6-15(14)19-10-9-12-7-8-13(18)11-16(12)19/h3-8,11H,2,9-10H2,1H3. The highest BCUT2D eigenvalue weighted by molar-refractivity contribution is 6.02. The van der Waals surface area contributed by atoms with Crippen molar-refractivity contribution in [2.45, 2.75) is 19.8 Å². The predicted molar refractivity (Wildman–Crippen MR) is 78.2 cm³/mol. The van der Waals surface area contributed by atoms with Gasteiger partial charge in [0.2, 0.25) is 0 Å². The fourth-order valence-electron chi connectivity index (χ4n) is 2.74. The third-order valence-electron chi connectivity index (χ3n) is 3.76. The molecule has 0 aromatic heterocycles. The maximum absolute atomic E-state index is 13.5. The smallest absolute Gasteiger partial charge is 0.164 e. The van der Waals surface area contributed by atoms with Gasteiger partial charge in [-0.05, 0) is 36.2 Å². The number of halogens is 1. The monoisotopic (exact) mass is 269 g/mol. The maximum Gasteiger partial charge on any atom is 0.164 e. The Morgan fingerprint density at radius 2 is 2.00 bits per heavy atom. The van der Waals surface area contributed by atoms with E-state index in [9.17, 15) is 9.18 Å². The first-order chi connectivity index (χ1) is 9.70. The van der Waals surface area contributed by atoms with E-state index in [1.807, 2.05) is 42.2 Å². The van der Waals surface area contributed by atoms with Crippen LogP contribution in [-0.4, -0.2) is 12.3 Å². The average molecular weight is 269 g/mol. The predicted octanol–water partition coefficient (Wildman–Crippen LogP) is 4.11. The van der Waals surface area contributed by atoms with Crippen molar-refractivity contribution in [1.29, 1.82) is 0 Å². The van der Waals surface area contributed by atoms with Gasteiger partial charge in [0.25, 0.3) is 0 Å². The lowest BCUT2D eigenvalue weighted by molar-refractivity contribution is 0.0988. The first-order valence-electron chi connectivity index (χ1n) is 6.89. The minimum Gasteiger partial charge on any atom is -0.340 e. The summed E-state index contributed by atoms with van der Waals surface area (Å²) in [6.45, 7) is 2.64. The zero-order chi connectivity index (χ0) is 14.1. The van der Waals surface area contributed by atoms with E-state index >= 15 is 0 Å². The van der Waals surface area contributed by atoms with Crippen molar-refractivity contribution in [2.75, 3.05) is 11.4 Å². The fourth-order valence-corrected chi connectivity index (χ4v) is 2.74. The van der Waals surface area contributed by atoms with Crippen molar-refractivity contribution in [3.63, 3.8) is 0 Å². The quantitative estimate of drug-likeness (QED) is 0.781. The van der Waals surface area contributed by atoms with Crippen molar-refractivity contribution in [3.8, 4) is 0 Å². The number of para-hydroxylation sites is 1. The molecule has 0 radical (unpaired) electrons. The van der Waals surface area contributed by atoms with Gasteiger partial charge < -0.3 is 4.90 Å². The number of hydrogen-bond donors (Lipinski definition) is 0. The van der Waals surface area contributed by atoms with E-state index in [4.69, 9.17) is 0 Å². The van der Waals surface area contributed by atoms with Gasteiger partial charge in [-0.25, -0.2) is 4.39 Å². The molecule has 102 valence electrons. The summed E-state index contributed by atoms with van der Waals surface area (Å²) < 4.78 is 13.5. The van der Waals surface area contributed by atoms with E-state index in [0.29, 0.717) is 12.0 Å². The number of rotatable bonds is 3. The van der Waals surface area contributed by atoms with Gasteiger partial charge in [0.05, 0.1) is 5.69 Å². The lowest BCUT2D eigenvalue weighted by Crippen LogP contribution is -2.17. The lowest BCUT2D eigenvalue weighted by Gasteiger charge is -2.22. The molecule has 0 atom stereocenters. The summed E-state index contributed by atoms with van der Waals surface area (Å²) in [7, 11) is 0. The van der Waals surface area contributed by atoms with Gasteiger partial charge in [-0.1, -0.05) is 25.1 Å². The molecule has 1 aliphatic heterocycles. The van der Waals surface area contributed by atoms with Crippen LogP contribution in [0, 0.1) is 5.82 Å². The molecule has 0 aliphatic carbocycles. The van der Waals surface area contributed by atoms with Crippen LogP contribution >= 0.6 is 0 Å². The molecule has 3 rings (SSSR count). The largest absolute Gasteiger partial charge is 0.340 e. The Morgan fingerprint density at radius 3 is 2.80 bits per heavy atom. The van der Waals surface area contributed by atoms with E-state index in [2.05, 4.69) is 0 Å². The Balaban J connectivity index is 2.09. The van der Waals surface area contributed by atoms with Gasteiger partial charge in [-0.3, -0.25) is 4.79 Å². The van der Waals surface area contributed by atoms with Crippen molar-refractivity contribution < 1.29 is 9.18 Å². The summed E-state index contributed by atoms with van der Waals surface area (Å²) in [6, 6.07) is 12.4. The van der Waals surface area contributed by atoms with Crippen LogP contribution in [0.3, 0.4) is 0 Å². The number of anilines is 2. The number of carbonyl (C=O) groups excluding carboxylic acids is 1. The molecule has 2 nitrogen and oxygen atoms in total. The molecule has 0 fully saturated rings. The molecule has 0 saturated carbocycles. The number of fused-ring (bicyclic) bond motifs is 1. The summed E-state index contributed by atoms with van der Waals surface area (Å²) in [4.78, 5) is 14.1. The average Bonchev–Trinajstić information content (AvgIpc) is 2.89. The number of ketones is 1. The molecule has 2 aromatic rings. The number of hydrogen-bond acceptors (Lipinski definition) is 2. The molecule has 1 heterocycles. The molecular weight excluding hydrogens is 253 g/mol. The van der Waals surface area contributed by atoms with Crippen LogP contribution in [0.25, 0.3) is 0 Å². The summed E-state index contributed by atoms with van der Waals surface area (Å²) in [5, 5.41) is 0. The van der Waals surface area contributed by atoms with Gasteiger partial charge in [0.1, 0.15) is 5.82 Å². The molecule has 0 unspecified atom stereocenters. The number of Topliss-reactive ketones (excluding diaryl/α,β-unsaturated/α-hetero) is 1. The van der Waals surface area contributed by atoms with Crippen molar-refractivity contribution in [2.24, 2.45) is 0 Å². The highest BCUT2D eigenvalue weighted by Gasteiger charge is 2.24. The van der Waals surface area contributed by atoms with Crippen LogP contribution in [-0.2, 0) is 6.42 Å². The van der Waals surface area contributed by atoms with E-state index in [-0.39, 0.29) is 11.6 Å². The van der Waals surface area contributed by atoms with Crippen LogP contribution in [0.5, 0.6) is 0 Å². The topological polar surface area (TPSA) is 20.3 Å². The molecule has 0 bridgehead atoms. The number of carbonyl (C=O) groups is 1. The zero-order valence-electron chi connectivity index (χ0n) is 11.4. The summed E-state index contributed by atoms with van der Waals surface area (Å²) in [6.07, 6.45) is 1.35. The Bertz CT molecular complexity index is 666. The third kappa shape index (κ3) is 2.09. The minimum absolute atomic E-state index is 0.116. The van der Waals surface area contributed by atoms with Gasteiger partial charge in [0.15, 0.2) is 5.78 Å². The normalized spacial score (nSPS) is 13.4. The van der Waals surface area contributed by atoms with Crippen LogP contribution in [0.4, 0.5) is 15.8 Å². The first kappa shape index (κ1) is 12.9. The molecule has 0 saturated heterocycles. The Hall–Kier alpha value is -2.16.